The van der Waals surface area contributed by atoms with Crippen LogP contribution >= 0.6 is 0 Å². The second kappa shape index (κ2) is 11.7. The van der Waals surface area contributed by atoms with Crippen LogP contribution in [0.1, 0.15) is 45.6 Å². The highest BCUT2D eigenvalue weighted by Gasteiger charge is 2.38. The summed E-state index contributed by atoms with van der Waals surface area (Å²) in [6, 6.07) is 29.7. The highest BCUT2D eigenvalue weighted by molar-refractivity contribution is 7.85. The molecule has 6 nitrogen and oxygen atoms in total. The summed E-state index contributed by atoms with van der Waals surface area (Å²) < 4.78 is 35.3. The van der Waals surface area contributed by atoms with E-state index in [9.17, 15) is 13.4 Å². The maximum absolute atomic E-state index is 14.3. The summed E-state index contributed by atoms with van der Waals surface area (Å²) in [6.45, 7) is 2.99. The second-order valence-corrected chi connectivity index (χ2v) is 11.4. The van der Waals surface area contributed by atoms with E-state index < -0.39 is 17.1 Å². The molecule has 0 fully saturated rings. The van der Waals surface area contributed by atoms with E-state index in [1.165, 1.54) is 12.1 Å². The number of carbonyl (C=O) groups excluding carboxylic acids is 1. The molecule has 1 unspecified atom stereocenters. The van der Waals surface area contributed by atoms with E-state index in [4.69, 9.17) is 9.72 Å². The van der Waals surface area contributed by atoms with E-state index in [1.807, 2.05) is 79.7 Å². The van der Waals surface area contributed by atoms with E-state index in [0.717, 1.165) is 33.3 Å². The molecule has 5 aromatic rings. The molecule has 0 saturated carbocycles. The Labute approximate surface area is 247 Å². The van der Waals surface area contributed by atoms with Gasteiger partial charge in [-0.1, -0.05) is 72.8 Å². The van der Waals surface area contributed by atoms with Crippen molar-refractivity contribution in [2.45, 2.75) is 26.1 Å². The van der Waals surface area contributed by atoms with E-state index >= 15 is 0 Å². The number of ether oxygens (including phenoxy) is 1. The summed E-state index contributed by atoms with van der Waals surface area (Å²) in [5, 5.41) is 0.764. The third-order valence-corrected chi connectivity index (χ3v) is 8.58. The van der Waals surface area contributed by atoms with Crippen LogP contribution in [0.25, 0.3) is 10.9 Å². The van der Waals surface area contributed by atoms with Gasteiger partial charge < -0.3 is 9.64 Å². The zero-order valence-corrected chi connectivity index (χ0v) is 24.2. The quantitative estimate of drug-likeness (QED) is 0.192. The first kappa shape index (κ1) is 27.6. The molecule has 1 atom stereocenters. The minimum absolute atomic E-state index is 0.212. The summed E-state index contributed by atoms with van der Waals surface area (Å²) >= 11 is 0. The Morgan fingerprint density at radius 2 is 1.60 bits per heavy atom. The summed E-state index contributed by atoms with van der Waals surface area (Å²) in [6.07, 6.45) is 2.81. The van der Waals surface area contributed by atoms with Gasteiger partial charge in [0.1, 0.15) is 28.4 Å². The standard InChI is InChI=1S/C34H30FN3O3S/c1-3-38(42(2)40)31-27-15-10-20-36-30(27)33(41-32(24-11-6-4-7-12-24)25-13-8-5-9-14-25)29-28(31)22-37(34(29)39)21-23-16-18-26(35)19-17-23/h4-20,32H,3,21-22H2,1-2H3. The van der Waals surface area contributed by atoms with Crippen molar-refractivity contribution in [2.24, 2.45) is 0 Å². The first-order valence-corrected chi connectivity index (χ1v) is 15.3. The Balaban J connectivity index is 1.56. The Morgan fingerprint density at radius 1 is 0.952 bits per heavy atom. The highest BCUT2D eigenvalue weighted by atomic mass is 32.2. The zero-order valence-electron chi connectivity index (χ0n) is 23.4. The van der Waals surface area contributed by atoms with Crippen LogP contribution in [0.4, 0.5) is 10.1 Å². The first-order chi connectivity index (χ1) is 20.5. The van der Waals surface area contributed by atoms with Gasteiger partial charge in [-0.15, -0.1) is 0 Å². The van der Waals surface area contributed by atoms with E-state index in [0.29, 0.717) is 29.9 Å². The second-order valence-electron chi connectivity index (χ2n) is 10.2. The number of fused-ring (bicyclic) bond motifs is 2. The lowest BCUT2D eigenvalue weighted by Gasteiger charge is -2.27. The molecule has 0 saturated heterocycles. The average Bonchev–Trinajstić information content (AvgIpc) is 3.33. The van der Waals surface area contributed by atoms with Gasteiger partial charge in [-0.05, 0) is 47.9 Å². The van der Waals surface area contributed by atoms with Crippen molar-refractivity contribution in [3.8, 4) is 5.75 Å². The Morgan fingerprint density at radius 3 is 2.19 bits per heavy atom. The van der Waals surface area contributed by atoms with Crippen molar-refractivity contribution >= 4 is 33.5 Å². The maximum Gasteiger partial charge on any atom is 0.258 e. The van der Waals surface area contributed by atoms with Crippen molar-refractivity contribution in [1.82, 2.24) is 9.88 Å². The molecular weight excluding hydrogens is 549 g/mol. The smallest absolute Gasteiger partial charge is 0.258 e. The monoisotopic (exact) mass is 579 g/mol. The van der Waals surface area contributed by atoms with E-state index in [2.05, 4.69) is 0 Å². The van der Waals surface area contributed by atoms with Crippen LogP contribution in [0, 0.1) is 5.82 Å². The number of amides is 1. The molecule has 0 spiro atoms. The molecule has 42 heavy (non-hydrogen) atoms. The van der Waals surface area contributed by atoms with Crippen molar-refractivity contribution in [1.29, 1.82) is 0 Å². The molecule has 1 aliphatic rings. The number of hydrogen-bond donors (Lipinski definition) is 0. The van der Waals surface area contributed by atoms with Crippen LogP contribution in [0.15, 0.2) is 103 Å². The molecule has 1 amide bonds. The van der Waals surface area contributed by atoms with Gasteiger partial charge in [-0.25, -0.2) is 8.60 Å². The lowest BCUT2D eigenvalue weighted by atomic mass is 9.99. The van der Waals surface area contributed by atoms with Crippen molar-refractivity contribution in [3.05, 3.63) is 137 Å². The number of hydrogen-bond acceptors (Lipinski definition) is 4. The minimum Gasteiger partial charge on any atom is -0.478 e. The van der Waals surface area contributed by atoms with Crippen molar-refractivity contribution in [3.63, 3.8) is 0 Å². The number of nitrogens with zero attached hydrogens (tertiary/aromatic N) is 3. The van der Waals surface area contributed by atoms with Gasteiger partial charge in [0.15, 0.2) is 5.75 Å². The number of rotatable bonds is 9. The van der Waals surface area contributed by atoms with Gasteiger partial charge in [0.2, 0.25) is 0 Å². The zero-order chi connectivity index (χ0) is 29.2. The number of carbonyl (C=O) groups is 1. The average molecular weight is 580 g/mol. The largest absolute Gasteiger partial charge is 0.478 e. The van der Waals surface area contributed by atoms with Crippen LogP contribution < -0.4 is 9.04 Å². The molecule has 2 heterocycles. The molecule has 6 rings (SSSR count). The van der Waals surface area contributed by atoms with Gasteiger partial charge in [0.05, 0.1) is 11.3 Å². The summed E-state index contributed by atoms with van der Waals surface area (Å²) in [5.74, 6) is -0.149. The molecule has 4 aromatic carbocycles. The van der Waals surface area contributed by atoms with Crippen molar-refractivity contribution in [2.75, 3.05) is 17.1 Å². The van der Waals surface area contributed by atoms with Gasteiger partial charge in [-0.2, -0.15) is 0 Å². The van der Waals surface area contributed by atoms with Crippen LogP contribution in [-0.4, -0.2) is 32.8 Å². The number of pyridine rings is 1. The third-order valence-electron chi connectivity index (χ3n) is 7.52. The summed E-state index contributed by atoms with van der Waals surface area (Å²) in [5.41, 5.74) is 5.09. The Kier molecular flexibility index (Phi) is 7.71. The van der Waals surface area contributed by atoms with Gasteiger partial charge in [-0.3, -0.25) is 14.1 Å². The fourth-order valence-electron chi connectivity index (χ4n) is 5.62. The number of halogens is 1. The Bertz CT molecular complexity index is 1730. The van der Waals surface area contributed by atoms with Gasteiger partial charge in [0.25, 0.3) is 5.91 Å². The number of aromatic nitrogens is 1. The van der Waals surface area contributed by atoms with E-state index in [-0.39, 0.29) is 18.3 Å². The summed E-state index contributed by atoms with van der Waals surface area (Å²) in [4.78, 5) is 20.7. The number of benzene rings is 4. The third kappa shape index (κ3) is 5.14. The lowest BCUT2D eigenvalue weighted by Crippen LogP contribution is -2.26. The molecule has 1 aliphatic heterocycles. The van der Waals surface area contributed by atoms with Gasteiger partial charge in [0, 0.05) is 43.0 Å². The molecule has 0 aliphatic carbocycles. The fourth-order valence-corrected chi connectivity index (χ4v) is 6.45. The SMILES string of the molecule is CCN(c1c2c(c(OC(c3ccccc3)c3ccccc3)c3ncccc13)C(=O)N(Cc1ccc(F)cc1)C2)S(C)=O. The van der Waals surface area contributed by atoms with Crippen LogP contribution in [0.3, 0.4) is 0 Å². The molecule has 0 N–H and O–H groups in total. The fraction of sp³-hybridized carbons (Fsp3) is 0.176. The lowest BCUT2D eigenvalue weighted by molar-refractivity contribution is 0.0762. The van der Waals surface area contributed by atoms with E-state index in [1.54, 1.807) is 33.8 Å². The predicted molar refractivity (Wildman–Crippen MR) is 164 cm³/mol. The van der Waals surface area contributed by atoms with Crippen LogP contribution in [0.5, 0.6) is 5.75 Å². The van der Waals surface area contributed by atoms with Crippen LogP contribution in [-0.2, 0) is 24.1 Å². The number of anilines is 1. The molecule has 1 aromatic heterocycles. The maximum atomic E-state index is 14.3. The molecule has 8 heteroatoms. The van der Waals surface area contributed by atoms with Crippen molar-refractivity contribution < 1.29 is 18.1 Å². The van der Waals surface area contributed by atoms with Gasteiger partial charge >= 0.3 is 0 Å². The first-order valence-electron chi connectivity index (χ1n) is 13.8. The normalized spacial score (nSPS) is 13.4. The Hall–Kier alpha value is -4.56. The molecule has 0 radical (unpaired) electrons. The van der Waals surface area contributed by atoms with Crippen LogP contribution in [0.2, 0.25) is 0 Å². The minimum atomic E-state index is -1.35. The topological polar surface area (TPSA) is 62.7 Å². The predicted octanol–water partition coefficient (Wildman–Crippen LogP) is 6.82. The molecule has 212 valence electrons. The molecular formula is C34H30FN3O3S. The summed E-state index contributed by atoms with van der Waals surface area (Å²) in [7, 11) is -1.35. The highest BCUT2D eigenvalue weighted by Crippen LogP contribution is 2.47. The molecule has 0 bridgehead atoms.